The molecule has 0 bridgehead atoms. The fourth-order valence-corrected chi connectivity index (χ4v) is 4.88. The van der Waals surface area contributed by atoms with E-state index >= 15 is 0 Å². The summed E-state index contributed by atoms with van der Waals surface area (Å²) in [7, 11) is 0. The van der Waals surface area contributed by atoms with Gasteiger partial charge in [-0.05, 0) is 48.7 Å². The number of amides is 2. The molecule has 2 aliphatic rings. The summed E-state index contributed by atoms with van der Waals surface area (Å²) < 4.78 is 7.68. The molecule has 3 heterocycles. The van der Waals surface area contributed by atoms with Gasteiger partial charge in [-0.15, -0.1) is 0 Å². The first-order valence-corrected chi connectivity index (χ1v) is 12.6. The van der Waals surface area contributed by atoms with Gasteiger partial charge in [0.2, 0.25) is 0 Å². The van der Waals surface area contributed by atoms with E-state index in [-0.39, 0.29) is 12.5 Å². The molecule has 1 aliphatic carbocycles. The number of carbonyl (C=O) groups excluding carboxylic acids is 3. The number of hydrogen-bond donors (Lipinski definition) is 1. The summed E-state index contributed by atoms with van der Waals surface area (Å²) in [6.45, 7) is 0.00967. The number of aromatic nitrogens is 2. The molecular weight excluding hydrogens is 492 g/mol. The molecule has 1 N–H and O–H groups in total. The molecule has 0 saturated carbocycles. The van der Waals surface area contributed by atoms with Crippen molar-refractivity contribution in [3.63, 3.8) is 0 Å². The standard InChI is InChI=1S/C31H24N4O4/c36-29(22-14-16-32-17-15-22)33-34-19-27(21-8-3-1-4-9-21)35-25(20-39-31(38)23-10-5-2-6-11-23)18-24-12-7-13-26(28(24)35)30(34)37/h1-6,8-11,13-19H,7,12,20H2,(H,33,36). The first-order chi connectivity index (χ1) is 19.1. The zero-order valence-corrected chi connectivity index (χ0v) is 20.9. The second-order valence-electron chi connectivity index (χ2n) is 9.18. The Morgan fingerprint density at radius 2 is 1.64 bits per heavy atom. The van der Waals surface area contributed by atoms with E-state index in [9.17, 15) is 14.4 Å². The number of rotatable bonds is 6. The lowest BCUT2D eigenvalue weighted by molar-refractivity contribution is -0.124. The third kappa shape index (κ3) is 4.64. The lowest BCUT2D eigenvalue weighted by Crippen LogP contribution is -2.42. The normalized spacial score (nSPS) is 14.1. The molecule has 0 radical (unpaired) electrons. The minimum Gasteiger partial charge on any atom is -0.456 e. The number of pyridine rings is 1. The highest BCUT2D eigenvalue weighted by Crippen LogP contribution is 2.37. The Hall–Kier alpha value is -5.24. The maximum Gasteiger partial charge on any atom is 0.338 e. The second-order valence-corrected chi connectivity index (χ2v) is 9.18. The van der Waals surface area contributed by atoms with Gasteiger partial charge in [-0.1, -0.05) is 54.6 Å². The van der Waals surface area contributed by atoms with Crippen LogP contribution in [0, 0.1) is 0 Å². The van der Waals surface area contributed by atoms with Gasteiger partial charge in [0.1, 0.15) is 6.61 Å². The molecule has 0 spiro atoms. The number of hydrogen-bond acceptors (Lipinski definition) is 5. The zero-order chi connectivity index (χ0) is 26.8. The minimum atomic E-state index is -0.436. The van der Waals surface area contributed by atoms with Crippen LogP contribution in [0.4, 0.5) is 0 Å². The third-order valence-corrected chi connectivity index (χ3v) is 6.71. The quantitative estimate of drug-likeness (QED) is 0.378. The molecule has 8 nitrogen and oxygen atoms in total. The molecule has 2 amide bonds. The minimum absolute atomic E-state index is 0.00967. The van der Waals surface area contributed by atoms with E-state index in [1.807, 2.05) is 53.1 Å². The highest BCUT2D eigenvalue weighted by atomic mass is 16.5. The van der Waals surface area contributed by atoms with Crippen LogP contribution in [-0.2, 0) is 22.6 Å². The average Bonchev–Trinajstić information content (AvgIpc) is 3.31. The van der Waals surface area contributed by atoms with Crippen LogP contribution in [0.2, 0.25) is 0 Å². The van der Waals surface area contributed by atoms with Crippen LogP contribution in [0.3, 0.4) is 0 Å². The molecule has 2 aromatic carbocycles. The molecule has 1 aliphatic heterocycles. The van der Waals surface area contributed by atoms with Crippen molar-refractivity contribution in [3.05, 3.63) is 137 Å². The lowest BCUT2D eigenvalue weighted by atomic mass is 9.96. The van der Waals surface area contributed by atoms with Gasteiger partial charge in [0.05, 0.1) is 34.4 Å². The number of hydrazine groups is 1. The van der Waals surface area contributed by atoms with Crippen molar-refractivity contribution < 1.29 is 19.1 Å². The number of ether oxygens (including phenoxy) is 1. The summed E-state index contributed by atoms with van der Waals surface area (Å²) in [5.41, 5.74) is 8.01. The summed E-state index contributed by atoms with van der Waals surface area (Å²) in [4.78, 5) is 43.6. The van der Waals surface area contributed by atoms with Gasteiger partial charge in [0, 0.05) is 23.5 Å². The van der Waals surface area contributed by atoms with Crippen LogP contribution in [-0.4, -0.2) is 32.3 Å². The van der Waals surface area contributed by atoms with Crippen LogP contribution in [0.5, 0.6) is 0 Å². The largest absolute Gasteiger partial charge is 0.456 e. The number of nitrogens with zero attached hydrogens (tertiary/aromatic N) is 3. The van der Waals surface area contributed by atoms with Crippen molar-refractivity contribution in [3.8, 4) is 0 Å². The molecule has 6 rings (SSSR count). The molecule has 0 fully saturated rings. The summed E-state index contributed by atoms with van der Waals surface area (Å²) in [5.74, 6) is -1.22. The number of esters is 1. The number of benzene rings is 2. The van der Waals surface area contributed by atoms with Crippen LogP contribution >= 0.6 is 0 Å². The maximum atomic E-state index is 13.8. The monoisotopic (exact) mass is 516 g/mol. The molecule has 192 valence electrons. The topological polar surface area (TPSA) is 93.5 Å². The first kappa shape index (κ1) is 24.1. The van der Waals surface area contributed by atoms with E-state index in [1.165, 1.54) is 17.4 Å². The van der Waals surface area contributed by atoms with Crippen LogP contribution < -0.4 is 5.43 Å². The number of allylic oxidation sites excluding steroid dienone is 1. The predicted molar refractivity (Wildman–Crippen MR) is 145 cm³/mol. The molecule has 0 saturated heterocycles. The highest BCUT2D eigenvalue weighted by molar-refractivity contribution is 6.21. The smallest absolute Gasteiger partial charge is 0.338 e. The van der Waals surface area contributed by atoms with Crippen molar-refractivity contribution >= 4 is 29.1 Å². The van der Waals surface area contributed by atoms with Crippen molar-refractivity contribution in [2.24, 2.45) is 0 Å². The van der Waals surface area contributed by atoms with Gasteiger partial charge in [0.25, 0.3) is 11.8 Å². The van der Waals surface area contributed by atoms with Gasteiger partial charge in [-0.3, -0.25) is 20.0 Å². The van der Waals surface area contributed by atoms with Gasteiger partial charge < -0.3 is 9.30 Å². The highest BCUT2D eigenvalue weighted by Gasteiger charge is 2.33. The van der Waals surface area contributed by atoms with Gasteiger partial charge in [-0.25, -0.2) is 9.80 Å². The molecule has 8 heteroatoms. The summed E-state index contributed by atoms with van der Waals surface area (Å²) in [6, 6.07) is 23.6. The van der Waals surface area contributed by atoms with Gasteiger partial charge in [0.15, 0.2) is 0 Å². The lowest BCUT2D eigenvalue weighted by Gasteiger charge is -2.21. The SMILES string of the molecule is O=C(NN1C=C(c2ccccc2)n2c(COC(=O)c3ccccc3)cc3c2C(=CCC3)C1=O)c1ccncc1. The van der Waals surface area contributed by atoms with Gasteiger partial charge >= 0.3 is 5.97 Å². The molecule has 4 aromatic rings. The van der Waals surface area contributed by atoms with E-state index < -0.39 is 11.9 Å². The number of aryl methyl sites for hydroxylation is 1. The fourth-order valence-electron chi connectivity index (χ4n) is 4.88. The predicted octanol–water partition coefficient (Wildman–Crippen LogP) is 4.60. The molecule has 39 heavy (non-hydrogen) atoms. The zero-order valence-electron chi connectivity index (χ0n) is 20.9. The van der Waals surface area contributed by atoms with E-state index in [0.717, 1.165) is 28.9 Å². The molecular formula is C31H24N4O4. The summed E-state index contributed by atoms with van der Waals surface area (Å²) >= 11 is 0. The Bertz CT molecular complexity index is 1620. The average molecular weight is 517 g/mol. The van der Waals surface area contributed by atoms with Crippen molar-refractivity contribution in [2.45, 2.75) is 19.4 Å². The van der Waals surface area contributed by atoms with Crippen LogP contribution in [0.25, 0.3) is 11.3 Å². The van der Waals surface area contributed by atoms with Crippen LogP contribution in [0.1, 0.15) is 49.7 Å². The van der Waals surface area contributed by atoms with E-state index in [0.29, 0.717) is 28.8 Å². The fraction of sp³-hybridized carbons (Fsp3) is 0.0968. The Balaban J connectivity index is 1.43. The van der Waals surface area contributed by atoms with E-state index in [2.05, 4.69) is 10.4 Å². The Morgan fingerprint density at radius 3 is 2.38 bits per heavy atom. The number of nitrogens with one attached hydrogen (secondary N) is 1. The van der Waals surface area contributed by atoms with Crippen molar-refractivity contribution in [1.29, 1.82) is 0 Å². The van der Waals surface area contributed by atoms with Crippen molar-refractivity contribution in [1.82, 2.24) is 20.0 Å². The molecule has 0 atom stereocenters. The number of carbonyl (C=O) groups is 3. The first-order valence-electron chi connectivity index (χ1n) is 12.6. The summed E-state index contributed by atoms with van der Waals surface area (Å²) in [6.07, 6.45) is 7.98. The Morgan fingerprint density at radius 1 is 0.923 bits per heavy atom. The Kier molecular flexibility index (Phi) is 6.34. The van der Waals surface area contributed by atoms with E-state index in [1.54, 1.807) is 42.6 Å². The van der Waals surface area contributed by atoms with Gasteiger partial charge in [-0.2, -0.15) is 0 Å². The van der Waals surface area contributed by atoms with Crippen LogP contribution in [0.15, 0.2) is 104 Å². The molecule has 0 unspecified atom stereocenters. The van der Waals surface area contributed by atoms with E-state index in [4.69, 9.17) is 4.74 Å². The second kappa shape index (κ2) is 10.3. The van der Waals surface area contributed by atoms with Crippen molar-refractivity contribution in [2.75, 3.05) is 0 Å². The summed E-state index contributed by atoms with van der Waals surface area (Å²) in [5, 5.41) is 1.23. The maximum absolute atomic E-state index is 13.8. The molecule has 2 aromatic heterocycles. The Labute approximate surface area is 224 Å². The third-order valence-electron chi connectivity index (χ3n) is 6.71.